The van der Waals surface area contributed by atoms with Gasteiger partial charge in [0, 0.05) is 17.5 Å². The van der Waals surface area contributed by atoms with E-state index in [0.717, 1.165) is 22.4 Å². The van der Waals surface area contributed by atoms with E-state index in [1.165, 1.54) is 12.8 Å². The Hall–Kier alpha value is -1.63. The van der Waals surface area contributed by atoms with Crippen LogP contribution in [0.5, 0.6) is 5.75 Å². The number of hydrogen-bond donors (Lipinski definition) is 3. The van der Waals surface area contributed by atoms with Crippen molar-refractivity contribution in [2.75, 3.05) is 19.8 Å². The second kappa shape index (κ2) is 10.3. The highest BCUT2D eigenvalue weighted by atomic mass is 35.5. The van der Waals surface area contributed by atoms with Gasteiger partial charge in [0.15, 0.2) is 0 Å². The van der Waals surface area contributed by atoms with Crippen LogP contribution in [0.1, 0.15) is 48.3 Å². The summed E-state index contributed by atoms with van der Waals surface area (Å²) in [6, 6.07) is 14.0. The molecule has 0 amide bonds. The molecule has 3 N–H and O–H groups in total. The van der Waals surface area contributed by atoms with Crippen LogP contribution in [0.15, 0.2) is 42.5 Å². The van der Waals surface area contributed by atoms with Crippen molar-refractivity contribution in [3.63, 3.8) is 0 Å². The highest BCUT2D eigenvalue weighted by Crippen LogP contribution is 2.38. The summed E-state index contributed by atoms with van der Waals surface area (Å²) in [4.78, 5) is 0. The van der Waals surface area contributed by atoms with Crippen LogP contribution in [-0.2, 0) is 11.2 Å². The van der Waals surface area contributed by atoms with Crippen LogP contribution in [-0.4, -0.2) is 53.5 Å². The largest absolute Gasteiger partial charge is 0.491 e. The Labute approximate surface area is 188 Å². The minimum absolute atomic E-state index is 0.0835. The Morgan fingerprint density at radius 2 is 1.74 bits per heavy atom. The predicted molar refractivity (Wildman–Crippen MR) is 120 cm³/mol. The van der Waals surface area contributed by atoms with Gasteiger partial charge < -0.3 is 24.8 Å². The molecule has 2 aromatic rings. The van der Waals surface area contributed by atoms with E-state index in [1.807, 2.05) is 36.4 Å². The highest BCUT2D eigenvalue weighted by molar-refractivity contribution is 6.31. The third-order valence-electron chi connectivity index (χ3n) is 6.31. The van der Waals surface area contributed by atoms with Gasteiger partial charge in [-0.1, -0.05) is 35.9 Å². The van der Waals surface area contributed by atoms with Gasteiger partial charge in [0.1, 0.15) is 12.4 Å². The third kappa shape index (κ3) is 5.99. The standard InChI is InChI=1S/C25H31ClO5/c26-23-8-3-17(18-13-20(15-27)25(29)24(28)14-18)12-19(23)11-16-1-4-21(5-2-16)30-9-10-31-22-6-7-22/h1-5,8,12,18,20,22,24-25,27-29H,6-7,9-11,13-15H2/t18-,20-,24-,25-/m1/s1. The molecule has 31 heavy (non-hydrogen) atoms. The molecule has 2 fully saturated rings. The Morgan fingerprint density at radius 1 is 0.968 bits per heavy atom. The molecule has 4 atom stereocenters. The van der Waals surface area contributed by atoms with Crippen molar-refractivity contribution in [1.82, 2.24) is 0 Å². The van der Waals surface area contributed by atoms with Crippen molar-refractivity contribution in [1.29, 1.82) is 0 Å². The molecular weight excluding hydrogens is 416 g/mol. The number of halogens is 1. The van der Waals surface area contributed by atoms with Gasteiger partial charge in [-0.05, 0) is 72.9 Å². The monoisotopic (exact) mass is 446 g/mol. The highest BCUT2D eigenvalue weighted by Gasteiger charge is 2.36. The van der Waals surface area contributed by atoms with Gasteiger partial charge in [-0.25, -0.2) is 0 Å². The summed E-state index contributed by atoms with van der Waals surface area (Å²) in [5.41, 5.74) is 3.24. The molecule has 0 saturated heterocycles. The second-order valence-electron chi connectivity index (χ2n) is 8.76. The van der Waals surface area contributed by atoms with E-state index >= 15 is 0 Å². The van der Waals surface area contributed by atoms with Gasteiger partial charge in [0.25, 0.3) is 0 Å². The Bertz CT molecular complexity index is 851. The summed E-state index contributed by atoms with van der Waals surface area (Å²) >= 11 is 6.47. The predicted octanol–water partition coefficient (Wildman–Crippen LogP) is 3.70. The Kier molecular flexibility index (Phi) is 7.51. The van der Waals surface area contributed by atoms with Crippen molar-refractivity contribution >= 4 is 11.6 Å². The van der Waals surface area contributed by atoms with Gasteiger partial charge in [-0.15, -0.1) is 0 Å². The number of benzene rings is 2. The molecule has 5 nitrogen and oxygen atoms in total. The molecule has 0 unspecified atom stereocenters. The number of ether oxygens (including phenoxy) is 2. The Balaban J connectivity index is 1.38. The first-order chi connectivity index (χ1) is 15.0. The average Bonchev–Trinajstić information content (AvgIpc) is 3.60. The summed E-state index contributed by atoms with van der Waals surface area (Å²) in [5, 5.41) is 30.5. The van der Waals surface area contributed by atoms with Gasteiger partial charge in [-0.2, -0.15) is 0 Å². The molecule has 0 bridgehead atoms. The first-order valence-corrected chi connectivity index (χ1v) is 11.5. The first-order valence-electron chi connectivity index (χ1n) is 11.1. The first kappa shape index (κ1) is 22.6. The Morgan fingerprint density at radius 3 is 2.45 bits per heavy atom. The number of aliphatic hydroxyl groups is 3. The van der Waals surface area contributed by atoms with Crippen LogP contribution in [0.25, 0.3) is 0 Å². The van der Waals surface area contributed by atoms with Gasteiger partial charge in [0.2, 0.25) is 0 Å². The molecule has 168 valence electrons. The topological polar surface area (TPSA) is 79.2 Å². The van der Waals surface area contributed by atoms with Crippen LogP contribution < -0.4 is 4.74 Å². The molecule has 0 radical (unpaired) electrons. The maximum absolute atomic E-state index is 10.2. The summed E-state index contributed by atoms with van der Waals surface area (Å²) < 4.78 is 11.3. The van der Waals surface area contributed by atoms with Crippen molar-refractivity contribution in [3.05, 3.63) is 64.2 Å². The smallest absolute Gasteiger partial charge is 0.119 e. The van der Waals surface area contributed by atoms with Crippen molar-refractivity contribution < 1.29 is 24.8 Å². The lowest BCUT2D eigenvalue weighted by molar-refractivity contribution is -0.0647. The molecule has 6 heteroatoms. The van der Waals surface area contributed by atoms with E-state index in [4.69, 9.17) is 21.1 Å². The van der Waals surface area contributed by atoms with Gasteiger partial charge in [0.05, 0.1) is 24.9 Å². The van der Waals surface area contributed by atoms with Crippen molar-refractivity contribution in [2.45, 2.75) is 56.3 Å². The van der Waals surface area contributed by atoms with E-state index in [0.29, 0.717) is 43.6 Å². The molecular formula is C25H31ClO5. The normalized spacial score (nSPS) is 26.1. The molecule has 2 saturated carbocycles. The van der Waals surface area contributed by atoms with Gasteiger partial charge in [-0.3, -0.25) is 0 Å². The summed E-state index contributed by atoms with van der Waals surface area (Å²) in [5.74, 6) is 0.600. The zero-order valence-electron chi connectivity index (χ0n) is 17.6. The van der Waals surface area contributed by atoms with Gasteiger partial charge >= 0.3 is 0 Å². The number of rotatable bonds is 9. The fraction of sp³-hybridized carbons (Fsp3) is 0.520. The van der Waals surface area contributed by atoms with E-state index in [9.17, 15) is 15.3 Å². The van der Waals surface area contributed by atoms with Crippen molar-refractivity contribution in [2.24, 2.45) is 5.92 Å². The summed E-state index contributed by atoms with van der Waals surface area (Å²) in [6.45, 7) is 1.05. The maximum atomic E-state index is 10.2. The molecule has 0 aliphatic heterocycles. The third-order valence-corrected chi connectivity index (χ3v) is 6.68. The van der Waals surface area contributed by atoms with Crippen LogP contribution in [0, 0.1) is 5.92 Å². The lowest BCUT2D eigenvalue weighted by atomic mass is 9.75. The molecule has 2 aliphatic rings. The van der Waals surface area contributed by atoms with E-state index in [-0.39, 0.29) is 18.4 Å². The molecule has 2 aromatic carbocycles. The molecule has 0 heterocycles. The van der Waals surface area contributed by atoms with E-state index < -0.39 is 12.2 Å². The number of hydrogen-bond acceptors (Lipinski definition) is 5. The average molecular weight is 447 g/mol. The SMILES string of the molecule is OC[C@H]1C[C@@H](c2ccc(Cl)c(Cc3ccc(OCCOC4CC4)cc3)c2)C[C@@H](O)[C@@H]1O. The minimum Gasteiger partial charge on any atom is -0.491 e. The minimum atomic E-state index is -0.867. The fourth-order valence-corrected chi connectivity index (χ4v) is 4.50. The zero-order chi connectivity index (χ0) is 21.8. The lowest BCUT2D eigenvalue weighted by Crippen LogP contribution is -2.41. The van der Waals surface area contributed by atoms with Crippen LogP contribution in [0.3, 0.4) is 0 Å². The fourth-order valence-electron chi connectivity index (χ4n) is 4.32. The van der Waals surface area contributed by atoms with Crippen LogP contribution >= 0.6 is 11.6 Å². The molecule has 2 aliphatic carbocycles. The second-order valence-corrected chi connectivity index (χ2v) is 9.17. The van der Waals surface area contributed by atoms with E-state index in [1.54, 1.807) is 0 Å². The number of aliphatic hydroxyl groups excluding tert-OH is 3. The zero-order valence-corrected chi connectivity index (χ0v) is 18.4. The summed E-state index contributed by atoms with van der Waals surface area (Å²) in [7, 11) is 0. The van der Waals surface area contributed by atoms with Crippen molar-refractivity contribution in [3.8, 4) is 5.75 Å². The lowest BCUT2D eigenvalue weighted by Gasteiger charge is -2.36. The molecule has 0 spiro atoms. The molecule has 4 rings (SSSR count). The quantitative estimate of drug-likeness (QED) is 0.512. The maximum Gasteiger partial charge on any atom is 0.119 e. The van der Waals surface area contributed by atoms with Crippen LogP contribution in [0.2, 0.25) is 5.02 Å². The summed E-state index contributed by atoms with van der Waals surface area (Å²) in [6.07, 6.45) is 2.92. The van der Waals surface area contributed by atoms with E-state index in [2.05, 4.69) is 6.07 Å². The van der Waals surface area contributed by atoms with Crippen LogP contribution in [0.4, 0.5) is 0 Å². The molecule has 0 aromatic heterocycles.